The summed E-state index contributed by atoms with van der Waals surface area (Å²) in [5, 5.41) is 3.67. The van der Waals surface area contributed by atoms with Crippen LogP contribution in [0.15, 0.2) is 59.2 Å². The van der Waals surface area contributed by atoms with E-state index in [1.54, 1.807) is 55.7 Å². The van der Waals surface area contributed by atoms with Crippen molar-refractivity contribution < 1.29 is 18.7 Å². The standard InChI is InChI=1S/C21H20Cl2N2O4/c1-27-19-8-5-14(10-20(19)28-2)12-25(13-16-4-3-9-29-16)21(26)24-18-7-6-15(22)11-17(18)23/h3-11H,12-13H2,1-2H3,(H,24,26). The van der Waals surface area contributed by atoms with Crippen molar-refractivity contribution in [1.29, 1.82) is 0 Å². The summed E-state index contributed by atoms with van der Waals surface area (Å²) in [6.07, 6.45) is 1.57. The molecule has 1 aromatic heterocycles. The van der Waals surface area contributed by atoms with Crippen LogP contribution in [0.4, 0.5) is 10.5 Å². The highest BCUT2D eigenvalue weighted by Gasteiger charge is 2.18. The Morgan fingerprint density at radius 3 is 2.48 bits per heavy atom. The molecular weight excluding hydrogens is 415 g/mol. The minimum Gasteiger partial charge on any atom is -0.493 e. The number of hydrogen-bond donors (Lipinski definition) is 1. The van der Waals surface area contributed by atoms with Crippen LogP contribution >= 0.6 is 23.2 Å². The van der Waals surface area contributed by atoms with Crippen LogP contribution in [0.25, 0.3) is 0 Å². The summed E-state index contributed by atoms with van der Waals surface area (Å²) in [5.41, 5.74) is 1.34. The quantitative estimate of drug-likeness (QED) is 0.507. The first-order chi connectivity index (χ1) is 14.0. The number of hydrogen-bond acceptors (Lipinski definition) is 4. The molecule has 2 aromatic carbocycles. The molecule has 3 rings (SSSR count). The van der Waals surface area contributed by atoms with E-state index in [0.717, 1.165) is 5.56 Å². The van der Waals surface area contributed by atoms with Crippen LogP contribution in [0, 0.1) is 0 Å². The van der Waals surface area contributed by atoms with Gasteiger partial charge in [-0.3, -0.25) is 0 Å². The predicted octanol–water partition coefficient (Wildman–Crippen LogP) is 5.84. The fourth-order valence-electron chi connectivity index (χ4n) is 2.77. The Kier molecular flexibility index (Phi) is 6.90. The molecule has 152 valence electrons. The number of benzene rings is 2. The van der Waals surface area contributed by atoms with E-state index in [4.69, 9.17) is 37.1 Å². The summed E-state index contributed by atoms with van der Waals surface area (Å²) in [6.45, 7) is 0.594. The Balaban J connectivity index is 1.83. The third-order valence-corrected chi connectivity index (χ3v) is 4.76. The topological polar surface area (TPSA) is 63.9 Å². The number of methoxy groups -OCH3 is 2. The SMILES string of the molecule is COc1ccc(CN(Cc2ccco2)C(=O)Nc2ccc(Cl)cc2Cl)cc1OC. The molecule has 0 radical (unpaired) electrons. The van der Waals surface area contributed by atoms with Crippen LogP contribution in [0.5, 0.6) is 11.5 Å². The number of rotatable bonds is 7. The van der Waals surface area contributed by atoms with Gasteiger partial charge in [0.15, 0.2) is 11.5 Å². The van der Waals surface area contributed by atoms with E-state index in [9.17, 15) is 4.79 Å². The highest BCUT2D eigenvalue weighted by molar-refractivity contribution is 6.36. The molecule has 0 aliphatic carbocycles. The molecular formula is C21H20Cl2N2O4. The molecule has 2 amide bonds. The largest absolute Gasteiger partial charge is 0.493 e. The first kappa shape index (κ1) is 20.9. The number of furan rings is 1. The lowest BCUT2D eigenvalue weighted by Crippen LogP contribution is -2.34. The predicted molar refractivity (Wildman–Crippen MR) is 113 cm³/mol. The van der Waals surface area contributed by atoms with Gasteiger partial charge in [0, 0.05) is 11.6 Å². The van der Waals surface area contributed by atoms with E-state index in [-0.39, 0.29) is 12.6 Å². The summed E-state index contributed by atoms with van der Waals surface area (Å²) in [7, 11) is 3.14. The molecule has 6 nitrogen and oxygen atoms in total. The minimum atomic E-state index is -0.333. The Morgan fingerprint density at radius 1 is 1.03 bits per heavy atom. The van der Waals surface area contributed by atoms with Crippen LogP contribution in [-0.4, -0.2) is 25.2 Å². The number of nitrogens with one attached hydrogen (secondary N) is 1. The van der Waals surface area contributed by atoms with E-state index in [1.165, 1.54) is 0 Å². The van der Waals surface area contributed by atoms with E-state index in [2.05, 4.69) is 5.32 Å². The molecule has 0 aliphatic rings. The van der Waals surface area contributed by atoms with Gasteiger partial charge in [-0.1, -0.05) is 29.3 Å². The molecule has 0 spiro atoms. The second kappa shape index (κ2) is 9.58. The molecule has 0 saturated carbocycles. The summed E-state index contributed by atoms with van der Waals surface area (Å²) in [6, 6.07) is 13.6. The van der Waals surface area contributed by atoms with E-state index < -0.39 is 0 Å². The number of amides is 2. The van der Waals surface area contributed by atoms with Gasteiger partial charge in [-0.15, -0.1) is 0 Å². The van der Waals surface area contributed by atoms with Crippen LogP contribution in [0.2, 0.25) is 10.0 Å². The molecule has 0 atom stereocenters. The lowest BCUT2D eigenvalue weighted by molar-refractivity contribution is 0.201. The van der Waals surface area contributed by atoms with Crippen molar-refractivity contribution in [2.75, 3.05) is 19.5 Å². The summed E-state index contributed by atoms with van der Waals surface area (Å²) in [4.78, 5) is 14.6. The van der Waals surface area contributed by atoms with Gasteiger partial charge in [-0.25, -0.2) is 4.79 Å². The molecule has 0 aliphatic heterocycles. The minimum absolute atomic E-state index is 0.276. The number of nitrogens with zero attached hydrogens (tertiary/aromatic N) is 1. The van der Waals surface area contributed by atoms with E-state index in [1.807, 2.05) is 18.2 Å². The maximum atomic E-state index is 13.0. The van der Waals surface area contributed by atoms with Gasteiger partial charge < -0.3 is 24.1 Å². The van der Waals surface area contributed by atoms with Gasteiger partial charge in [-0.2, -0.15) is 0 Å². The maximum Gasteiger partial charge on any atom is 0.322 e. The smallest absolute Gasteiger partial charge is 0.322 e. The lowest BCUT2D eigenvalue weighted by Gasteiger charge is -2.23. The van der Waals surface area contributed by atoms with Crippen molar-refractivity contribution in [3.63, 3.8) is 0 Å². The molecule has 1 heterocycles. The van der Waals surface area contributed by atoms with Crippen molar-refractivity contribution in [3.8, 4) is 11.5 Å². The van der Waals surface area contributed by atoms with Gasteiger partial charge in [0.25, 0.3) is 0 Å². The van der Waals surface area contributed by atoms with E-state index >= 15 is 0 Å². The summed E-state index contributed by atoms with van der Waals surface area (Å²) < 4.78 is 16.0. The first-order valence-corrected chi connectivity index (χ1v) is 9.50. The molecule has 1 N–H and O–H groups in total. The van der Waals surface area contributed by atoms with Crippen LogP contribution < -0.4 is 14.8 Å². The second-order valence-electron chi connectivity index (χ2n) is 6.18. The monoisotopic (exact) mass is 434 g/mol. The summed E-state index contributed by atoms with van der Waals surface area (Å²) >= 11 is 12.1. The second-order valence-corrected chi connectivity index (χ2v) is 7.02. The fourth-order valence-corrected chi connectivity index (χ4v) is 3.23. The number of carbonyl (C=O) groups excluding carboxylic acids is 1. The lowest BCUT2D eigenvalue weighted by atomic mass is 10.2. The Bertz CT molecular complexity index is 977. The molecule has 0 unspecified atom stereocenters. The van der Waals surface area contributed by atoms with Gasteiger partial charge in [-0.05, 0) is 48.0 Å². The fraction of sp³-hybridized carbons (Fsp3) is 0.190. The van der Waals surface area contributed by atoms with Crippen LogP contribution in [-0.2, 0) is 13.1 Å². The van der Waals surface area contributed by atoms with Gasteiger partial charge in [0.2, 0.25) is 0 Å². The molecule has 8 heteroatoms. The highest BCUT2D eigenvalue weighted by atomic mass is 35.5. The molecule has 29 heavy (non-hydrogen) atoms. The van der Waals surface area contributed by atoms with Gasteiger partial charge in [0.1, 0.15) is 5.76 Å². The Labute approximate surface area is 178 Å². The van der Waals surface area contributed by atoms with Crippen molar-refractivity contribution in [2.45, 2.75) is 13.1 Å². The van der Waals surface area contributed by atoms with Gasteiger partial charge >= 0.3 is 6.03 Å². The Morgan fingerprint density at radius 2 is 1.83 bits per heavy atom. The summed E-state index contributed by atoms with van der Waals surface area (Å²) in [5.74, 6) is 1.86. The third-order valence-electron chi connectivity index (χ3n) is 4.21. The average molecular weight is 435 g/mol. The highest BCUT2D eigenvalue weighted by Crippen LogP contribution is 2.29. The van der Waals surface area contributed by atoms with Crippen molar-refractivity contribution in [3.05, 3.63) is 76.2 Å². The van der Waals surface area contributed by atoms with Crippen molar-refractivity contribution >= 4 is 34.9 Å². The van der Waals surface area contributed by atoms with E-state index in [0.29, 0.717) is 39.5 Å². The number of carbonyl (C=O) groups is 1. The molecule has 0 bridgehead atoms. The third kappa shape index (κ3) is 5.37. The number of anilines is 1. The van der Waals surface area contributed by atoms with Crippen LogP contribution in [0.1, 0.15) is 11.3 Å². The van der Waals surface area contributed by atoms with Crippen molar-refractivity contribution in [1.82, 2.24) is 4.90 Å². The normalized spacial score (nSPS) is 10.5. The zero-order valence-corrected chi connectivity index (χ0v) is 17.5. The molecule has 0 fully saturated rings. The molecule has 0 saturated heterocycles. The number of ether oxygens (including phenoxy) is 2. The maximum absolute atomic E-state index is 13.0. The number of urea groups is 1. The zero-order valence-electron chi connectivity index (χ0n) is 15.9. The van der Waals surface area contributed by atoms with Crippen molar-refractivity contribution in [2.24, 2.45) is 0 Å². The van der Waals surface area contributed by atoms with Gasteiger partial charge in [0.05, 0.1) is 37.7 Å². The Hall–Kier alpha value is -2.83. The average Bonchev–Trinajstić information content (AvgIpc) is 3.22. The zero-order chi connectivity index (χ0) is 20.8. The molecule has 3 aromatic rings. The first-order valence-electron chi connectivity index (χ1n) is 8.74. The van der Waals surface area contributed by atoms with Crippen LogP contribution in [0.3, 0.4) is 0 Å². The number of halogens is 2.